The zero-order valence-corrected chi connectivity index (χ0v) is 11.8. The van der Waals surface area contributed by atoms with Gasteiger partial charge in [-0.1, -0.05) is 11.9 Å². The number of anilines is 1. The number of fused-ring (bicyclic) bond motifs is 1. The van der Waals surface area contributed by atoms with Crippen LogP contribution in [-0.4, -0.2) is 23.9 Å². The van der Waals surface area contributed by atoms with Crippen LogP contribution in [0.2, 0.25) is 0 Å². The largest absolute Gasteiger partial charge is 0.396 e. The number of hydrogen-bond acceptors (Lipinski definition) is 3. The lowest BCUT2D eigenvalue weighted by atomic mass is 10.1. The van der Waals surface area contributed by atoms with Crippen LogP contribution in [0.25, 0.3) is 0 Å². The van der Waals surface area contributed by atoms with Crippen molar-refractivity contribution < 1.29 is 22.4 Å². The molecule has 0 heterocycles. The van der Waals surface area contributed by atoms with Gasteiger partial charge in [0.25, 0.3) is 5.91 Å². The molecule has 1 aromatic carbocycles. The summed E-state index contributed by atoms with van der Waals surface area (Å²) in [6, 6.07) is 3.51. The fourth-order valence-corrected chi connectivity index (χ4v) is 3.15. The molecule has 2 fully saturated rings. The smallest absolute Gasteiger partial charge is 0.346 e. The molecule has 0 saturated heterocycles. The summed E-state index contributed by atoms with van der Waals surface area (Å²) in [5.41, 5.74) is -2.50. The second-order valence-electron chi connectivity index (χ2n) is 5.47. The van der Waals surface area contributed by atoms with Crippen molar-refractivity contribution in [3.63, 3.8) is 0 Å². The molecule has 2 aliphatic rings. The maximum atomic E-state index is 13.2. The lowest BCUT2D eigenvalue weighted by Crippen LogP contribution is -2.32. The Bertz CT molecular complexity index is 611. The summed E-state index contributed by atoms with van der Waals surface area (Å²) in [4.78, 5) is 12.2. The minimum Gasteiger partial charge on any atom is -0.346 e. The highest BCUT2D eigenvalue weighted by Gasteiger charge is 2.94. The van der Waals surface area contributed by atoms with Gasteiger partial charge in [-0.2, -0.15) is 13.2 Å². The van der Waals surface area contributed by atoms with Gasteiger partial charge in [-0.25, -0.2) is 4.39 Å². The molecule has 2 N–H and O–H groups in total. The van der Waals surface area contributed by atoms with E-state index in [0.29, 0.717) is 0 Å². The molecule has 0 bridgehead atoms. The molecule has 8 heteroatoms. The van der Waals surface area contributed by atoms with Gasteiger partial charge < -0.3 is 10.0 Å². The number of amides is 1. The molecule has 2 aliphatic carbocycles. The Hall–Kier alpha value is -1.44. The van der Waals surface area contributed by atoms with Gasteiger partial charge in [0, 0.05) is 6.26 Å². The van der Waals surface area contributed by atoms with E-state index >= 15 is 0 Å². The monoisotopic (exact) mass is 320 g/mol. The predicted molar refractivity (Wildman–Crippen MR) is 71.5 cm³/mol. The standard InChI is InChI=1S/C13H12F4N2OS/c1-21-19-9-4-7(14)2-3-8(9)10(20)18-12-5-11(12,6-12)13(15,16)17/h2-4,19H,5-6H2,1H3,(H,18,20). The zero-order chi connectivity index (χ0) is 15.5. The Morgan fingerprint density at radius 1 is 1.33 bits per heavy atom. The molecule has 0 spiro atoms. The molecular weight excluding hydrogens is 308 g/mol. The average Bonchev–Trinajstić information content (AvgIpc) is 3.15. The Labute approximate surface area is 122 Å². The van der Waals surface area contributed by atoms with Gasteiger partial charge in [-0.3, -0.25) is 4.79 Å². The van der Waals surface area contributed by atoms with Gasteiger partial charge in [-0.05, 0) is 31.0 Å². The van der Waals surface area contributed by atoms with Crippen molar-refractivity contribution in [2.45, 2.75) is 24.6 Å². The van der Waals surface area contributed by atoms with Gasteiger partial charge in [0.05, 0.1) is 22.2 Å². The third kappa shape index (κ3) is 2.07. The SMILES string of the molecule is CSNc1cc(F)ccc1C(=O)NC12CC1(C(F)(F)F)C2. The fourth-order valence-electron chi connectivity index (χ4n) is 2.76. The third-order valence-corrected chi connectivity index (χ3v) is 4.63. The number of carbonyl (C=O) groups excluding carboxylic acids is 1. The second kappa shape index (κ2) is 4.28. The summed E-state index contributed by atoms with van der Waals surface area (Å²) < 4.78 is 54.3. The predicted octanol–water partition coefficient (Wildman–Crippen LogP) is 3.34. The molecule has 0 aliphatic heterocycles. The molecule has 1 amide bonds. The maximum absolute atomic E-state index is 13.2. The molecule has 0 atom stereocenters. The van der Waals surface area contributed by atoms with E-state index in [0.717, 1.165) is 12.1 Å². The van der Waals surface area contributed by atoms with Gasteiger partial charge >= 0.3 is 6.18 Å². The molecule has 0 unspecified atom stereocenters. The van der Waals surface area contributed by atoms with Crippen LogP contribution in [0.1, 0.15) is 23.2 Å². The van der Waals surface area contributed by atoms with E-state index in [4.69, 9.17) is 0 Å². The normalized spacial score (nSPS) is 29.6. The second-order valence-corrected chi connectivity index (χ2v) is 6.08. The number of hydrogen-bond donors (Lipinski definition) is 2. The molecular formula is C13H12F4N2OS. The van der Waals surface area contributed by atoms with Crippen LogP contribution in [0.4, 0.5) is 23.2 Å². The molecule has 1 aromatic rings. The van der Waals surface area contributed by atoms with Crippen LogP contribution < -0.4 is 10.0 Å². The van der Waals surface area contributed by atoms with Crippen LogP contribution in [-0.2, 0) is 0 Å². The highest BCUT2D eigenvalue weighted by atomic mass is 32.2. The van der Waals surface area contributed by atoms with Gasteiger partial charge in [-0.15, -0.1) is 0 Å². The van der Waals surface area contributed by atoms with Crippen molar-refractivity contribution in [1.29, 1.82) is 0 Å². The molecule has 0 radical (unpaired) electrons. The summed E-state index contributed by atoms with van der Waals surface area (Å²) in [5, 5.41) is 2.46. The minimum absolute atomic E-state index is 0.0677. The summed E-state index contributed by atoms with van der Waals surface area (Å²) in [6.45, 7) is 0. The van der Waals surface area contributed by atoms with Crippen molar-refractivity contribution in [1.82, 2.24) is 5.32 Å². The average molecular weight is 320 g/mol. The molecule has 2 saturated carbocycles. The quantitative estimate of drug-likeness (QED) is 0.660. The Morgan fingerprint density at radius 3 is 2.52 bits per heavy atom. The van der Waals surface area contributed by atoms with Crippen LogP contribution in [0, 0.1) is 11.2 Å². The summed E-state index contributed by atoms with van der Waals surface area (Å²) in [6.07, 6.45) is -2.73. The van der Waals surface area contributed by atoms with E-state index in [9.17, 15) is 22.4 Å². The first-order chi connectivity index (χ1) is 9.75. The lowest BCUT2D eigenvalue weighted by molar-refractivity contribution is -0.167. The lowest BCUT2D eigenvalue weighted by Gasteiger charge is -2.12. The van der Waals surface area contributed by atoms with Crippen molar-refractivity contribution in [3.05, 3.63) is 29.6 Å². The van der Waals surface area contributed by atoms with Crippen LogP contribution in [0.3, 0.4) is 0 Å². The number of alkyl halides is 3. The Morgan fingerprint density at radius 2 is 2.00 bits per heavy atom. The van der Waals surface area contributed by atoms with Gasteiger partial charge in [0.1, 0.15) is 5.82 Å². The first kappa shape index (κ1) is 14.5. The maximum Gasteiger partial charge on any atom is 0.396 e. The Kier molecular flexibility index (Phi) is 2.96. The highest BCUT2D eigenvalue weighted by molar-refractivity contribution is 7.99. The third-order valence-electron chi connectivity index (χ3n) is 4.21. The van der Waals surface area contributed by atoms with Crippen LogP contribution in [0.5, 0.6) is 0 Å². The molecule has 3 nitrogen and oxygen atoms in total. The van der Waals surface area contributed by atoms with Crippen LogP contribution in [0.15, 0.2) is 18.2 Å². The van der Waals surface area contributed by atoms with Crippen LogP contribution >= 0.6 is 11.9 Å². The molecule has 0 aromatic heterocycles. The Balaban J connectivity index is 1.77. The molecule has 114 valence electrons. The van der Waals surface area contributed by atoms with E-state index < -0.39 is 28.9 Å². The van der Waals surface area contributed by atoms with E-state index in [1.807, 2.05) is 0 Å². The van der Waals surface area contributed by atoms with E-state index in [1.54, 1.807) is 6.26 Å². The van der Waals surface area contributed by atoms with Crippen molar-refractivity contribution in [3.8, 4) is 0 Å². The number of carbonyl (C=O) groups is 1. The first-order valence-corrected chi connectivity index (χ1v) is 7.45. The summed E-state index contributed by atoms with van der Waals surface area (Å²) in [7, 11) is 0. The zero-order valence-electron chi connectivity index (χ0n) is 11.0. The minimum atomic E-state index is -4.29. The van der Waals surface area contributed by atoms with Gasteiger partial charge in [0.2, 0.25) is 0 Å². The topological polar surface area (TPSA) is 41.1 Å². The summed E-state index contributed by atoms with van der Waals surface area (Å²) >= 11 is 1.17. The van der Waals surface area contributed by atoms with Crippen molar-refractivity contribution in [2.75, 3.05) is 11.0 Å². The molecule has 21 heavy (non-hydrogen) atoms. The fraction of sp³-hybridized carbons (Fsp3) is 0.462. The van der Waals surface area contributed by atoms with E-state index in [2.05, 4.69) is 10.0 Å². The summed E-state index contributed by atoms with van der Waals surface area (Å²) in [5.74, 6) is -1.14. The van der Waals surface area contributed by atoms with E-state index in [-0.39, 0.29) is 24.1 Å². The molecule has 3 rings (SSSR count). The number of rotatable bonds is 4. The highest BCUT2D eigenvalue weighted by Crippen LogP contribution is 2.84. The van der Waals surface area contributed by atoms with Crippen molar-refractivity contribution >= 4 is 23.5 Å². The van der Waals surface area contributed by atoms with Crippen molar-refractivity contribution in [2.24, 2.45) is 5.41 Å². The first-order valence-electron chi connectivity index (χ1n) is 6.22. The number of halogens is 4. The van der Waals surface area contributed by atoms with E-state index in [1.165, 1.54) is 18.0 Å². The number of benzene rings is 1. The number of nitrogens with one attached hydrogen (secondary N) is 2. The van der Waals surface area contributed by atoms with Gasteiger partial charge in [0.15, 0.2) is 0 Å².